The summed E-state index contributed by atoms with van der Waals surface area (Å²) in [5, 5.41) is 1.92. The first-order valence-corrected chi connectivity index (χ1v) is 14.6. The number of aryl methyl sites for hydroxylation is 1. The maximum atomic E-state index is 14.8. The SMILES string of the molecule is Cc1c(N(Cc2ccc(C(F)(F)C3CC3)c(Cl)c2)S(=O)(=O)c2ccccc2)nc(C2CC2)c2ccccc12. The summed E-state index contributed by atoms with van der Waals surface area (Å²) in [4.78, 5) is 5.09. The number of halogens is 3. The van der Waals surface area contributed by atoms with Crippen molar-refractivity contribution < 1.29 is 17.2 Å². The molecular formula is C30H27ClF2N2O2S. The molecule has 4 aromatic rings. The summed E-state index contributed by atoms with van der Waals surface area (Å²) < 4.78 is 59.0. The Kier molecular flexibility index (Phi) is 6.19. The van der Waals surface area contributed by atoms with E-state index in [1.165, 1.54) is 16.4 Å². The minimum Gasteiger partial charge on any atom is -0.245 e. The molecule has 196 valence electrons. The van der Waals surface area contributed by atoms with Crippen LogP contribution in [0.15, 0.2) is 77.7 Å². The van der Waals surface area contributed by atoms with E-state index in [-0.39, 0.29) is 22.0 Å². The Bertz CT molecular complexity index is 1640. The maximum Gasteiger partial charge on any atom is 0.277 e. The van der Waals surface area contributed by atoms with Gasteiger partial charge in [-0.15, -0.1) is 0 Å². The van der Waals surface area contributed by atoms with Crippen LogP contribution in [-0.4, -0.2) is 13.4 Å². The smallest absolute Gasteiger partial charge is 0.245 e. The molecule has 6 rings (SSSR count). The summed E-state index contributed by atoms with van der Waals surface area (Å²) in [7, 11) is -4.04. The van der Waals surface area contributed by atoms with Gasteiger partial charge in [0.05, 0.1) is 22.2 Å². The first-order valence-electron chi connectivity index (χ1n) is 12.8. The van der Waals surface area contributed by atoms with Gasteiger partial charge in [-0.25, -0.2) is 26.5 Å². The number of pyridine rings is 1. The lowest BCUT2D eigenvalue weighted by Crippen LogP contribution is -2.32. The van der Waals surface area contributed by atoms with Crippen molar-refractivity contribution in [3.63, 3.8) is 0 Å². The van der Waals surface area contributed by atoms with Crippen LogP contribution in [0.5, 0.6) is 0 Å². The molecule has 8 heteroatoms. The molecule has 0 bridgehead atoms. The third-order valence-corrected chi connectivity index (χ3v) is 9.57. The van der Waals surface area contributed by atoms with Gasteiger partial charge in [-0.2, -0.15) is 0 Å². The van der Waals surface area contributed by atoms with E-state index in [0.717, 1.165) is 34.9 Å². The van der Waals surface area contributed by atoms with E-state index in [9.17, 15) is 17.2 Å². The van der Waals surface area contributed by atoms with Crippen LogP contribution in [0.4, 0.5) is 14.6 Å². The van der Waals surface area contributed by atoms with Gasteiger partial charge in [-0.1, -0.05) is 66.2 Å². The zero-order valence-corrected chi connectivity index (χ0v) is 22.4. The van der Waals surface area contributed by atoms with Crippen molar-refractivity contribution in [2.75, 3.05) is 4.31 Å². The number of fused-ring (bicyclic) bond motifs is 1. The van der Waals surface area contributed by atoms with Crippen LogP contribution in [0.1, 0.15) is 54.0 Å². The van der Waals surface area contributed by atoms with Gasteiger partial charge in [0.25, 0.3) is 15.9 Å². The van der Waals surface area contributed by atoms with Gasteiger partial charge >= 0.3 is 0 Å². The Morgan fingerprint density at radius 1 is 0.947 bits per heavy atom. The minimum absolute atomic E-state index is 0.0571. The highest BCUT2D eigenvalue weighted by atomic mass is 35.5. The van der Waals surface area contributed by atoms with E-state index in [2.05, 4.69) is 0 Å². The van der Waals surface area contributed by atoms with E-state index in [0.29, 0.717) is 30.1 Å². The van der Waals surface area contributed by atoms with E-state index in [1.54, 1.807) is 36.4 Å². The molecule has 0 radical (unpaired) electrons. The first kappa shape index (κ1) is 25.3. The molecule has 0 saturated heterocycles. The molecule has 0 atom stereocenters. The van der Waals surface area contributed by atoms with Gasteiger partial charge < -0.3 is 0 Å². The molecule has 0 aliphatic heterocycles. The van der Waals surface area contributed by atoms with E-state index >= 15 is 0 Å². The molecule has 0 amide bonds. The van der Waals surface area contributed by atoms with Crippen molar-refractivity contribution in [2.45, 2.75) is 55.9 Å². The van der Waals surface area contributed by atoms with Crippen LogP contribution >= 0.6 is 11.6 Å². The molecule has 3 aromatic carbocycles. The second-order valence-corrected chi connectivity index (χ2v) is 12.6. The highest BCUT2D eigenvalue weighted by Gasteiger charge is 2.49. The zero-order chi connectivity index (χ0) is 26.7. The fourth-order valence-corrected chi connectivity index (χ4v) is 6.88. The lowest BCUT2D eigenvalue weighted by molar-refractivity contribution is -0.0284. The summed E-state index contributed by atoms with van der Waals surface area (Å²) >= 11 is 6.37. The fraction of sp³-hybridized carbons (Fsp3) is 0.300. The normalized spacial score (nSPS) is 16.1. The van der Waals surface area contributed by atoms with Crippen LogP contribution in [0.3, 0.4) is 0 Å². The van der Waals surface area contributed by atoms with Gasteiger partial charge in [-0.05, 0) is 61.8 Å². The summed E-state index contributed by atoms with van der Waals surface area (Å²) in [6, 6.07) is 20.5. The summed E-state index contributed by atoms with van der Waals surface area (Å²) in [6.45, 7) is 1.78. The van der Waals surface area contributed by atoms with E-state index in [1.807, 2.05) is 31.2 Å². The molecule has 4 nitrogen and oxygen atoms in total. The highest BCUT2D eigenvalue weighted by Crippen LogP contribution is 2.51. The van der Waals surface area contributed by atoms with Crippen molar-refractivity contribution in [3.05, 3.63) is 100 Å². The second kappa shape index (κ2) is 9.31. The number of anilines is 1. The molecule has 38 heavy (non-hydrogen) atoms. The molecule has 2 saturated carbocycles. The van der Waals surface area contributed by atoms with Crippen molar-refractivity contribution >= 4 is 38.2 Å². The Labute approximate surface area is 226 Å². The topological polar surface area (TPSA) is 50.3 Å². The number of nitrogens with zero attached hydrogens (tertiary/aromatic N) is 2. The third kappa shape index (κ3) is 4.46. The fourth-order valence-electron chi connectivity index (χ4n) is 5.08. The standard InChI is InChI=1S/C30H27ClF2N2O2S/c1-19-24-9-5-6-10-25(24)28(21-12-13-21)34-29(19)35(38(36,37)23-7-3-2-4-8-23)18-20-11-16-26(27(31)17-20)30(32,33)22-14-15-22/h2-11,16-17,21-22H,12-15,18H2,1H3. The zero-order valence-electron chi connectivity index (χ0n) is 20.9. The Morgan fingerprint density at radius 2 is 1.61 bits per heavy atom. The molecule has 0 spiro atoms. The van der Waals surface area contributed by atoms with Gasteiger partial charge in [0.2, 0.25) is 0 Å². The van der Waals surface area contributed by atoms with E-state index in [4.69, 9.17) is 16.6 Å². The molecule has 1 heterocycles. The highest BCUT2D eigenvalue weighted by molar-refractivity contribution is 7.92. The second-order valence-electron chi connectivity index (χ2n) is 10.3. The van der Waals surface area contributed by atoms with Crippen molar-refractivity contribution in [1.82, 2.24) is 4.98 Å². The van der Waals surface area contributed by atoms with Gasteiger partial charge in [0.15, 0.2) is 0 Å². The molecule has 0 N–H and O–H groups in total. The molecule has 2 aliphatic rings. The van der Waals surface area contributed by atoms with Crippen LogP contribution in [-0.2, 0) is 22.5 Å². The molecule has 1 aromatic heterocycles. The van der Waals surface area contributed by atoms with Crippen molar-refractivity contribution in [3.8, 4) is 0 Å². The summed E-state index contributed by atoms with van der Waals surface area (Å²) in [5.41, 5.74) is 1.94. The number of hydrogen-bond acceptors (Lipinski definition) is 3. The van der Waals surface area contributed by atoms with Gasteiger partial charge in [0.1, 0.15) is 5.82 Å². The van der Waals surface area contributed by atoms with Gasteiger partial charge in [-0.3, -0.25) is 0 Å². The van der Waals surface area contributed by atoms with Crippen molar-refractivity contribution in [1.29, 1.82) is 0 Å². The van der Waals surface area contributed by atoms with Crippen LogP contribution < -0.4 is 4.31 Å². The average Bonchev–Trinajstić information content (AvgIpc) is 3.82. The largest absolute Gasteiger partial charge is 0.277 e. The van der Waals surface area contributed by atoms with Crippen molar-refractivity contribution in [2.24, 2.45) is 5.92 Å². The number of hydrogen-bond donors (Lipinski definition) is 0. The first-order chi connectivity index (χ1) is 18.2. The number of sulfonamides is 1. The number of aromatic nitrogens is 1. The Hall–Kier alpha value is -3.03. The summed E-state index contributed by atoms with van der Waals surface area (Å²) in [5.74, 6) is -3.05. The number of benzene rings is 3. The predicted octanol–water partition coefficient (Wildman–Crippen LogP) is 7.97. The van der Waals surface area contributed by atoms with Crippen LogP contribution in [0.25, 0.3) is 10.8 Å². The average molecular weight is 553 g/mol. The predicted molar refractivity (Wildman–Crippen MR) is 146 cm³/mol. The number of rotatable bonds is 8. The molecule has 0 unspecified atom stereocenters. The Morgan fingerprint density at radius 3 is 2.24 bits per heavy atom. The minimum atomic E-state index is -4.04. The lowest BCUT2D eigenvalue weighted by atomic mass is 10.0. The van der Waals surface area contributed by atoms with Gasteiger partial charge in [0, 0.05) is 28.3 Å². The maximum absolute atomic E-state index is 14.8. The molecule has 2 aliphatic carbocycles. The monoisotopic (exact) mass is 552 g/mol. The summed E-state index contributed by atoms with van der Waals surface area (Å²) in [6.07, 6.45) is 2.98. The van der Waals surface area contributed by atoms with Crippen LogP contribution in [0.2, 0.25) is 5.02 Å². The Balaban J connectivity index is 1.49. The quantitative estimate of drug-likeness (QED) is 0.223. The third-order valence-electron chi connectivity index (χ3n) is 7.51. The lowest BCUT2D eigenvalue weighted by Gasteiger charge is -2.27. The van der Waals surface area contributed by atoms with Crippen LogP contribution in [0, 0.1) is 12.8 Å². The molecular weight excluding hydrogens is 526 g/mol. The van der Waals surface area contributed by atoms with E-state index < -0.39 is 21.9 Å². The number of alkyl halides is 2. The molecule has 2 fully saturated rings.